The van der Waals surface area contributed by atoms with Gasteiger partial charge in [-0.05, 0) is 111 Å². The minimum absolute atomic E-state index is 0.192. The number of carbonyl (C=O) groups is 4. The summed E-state index contributed by atoms with van der Waals surface area (Å²) in [5, 5.41) is 0. The number of rotatable bonds is 18. The quantitative estimate of drug-likeness (QED) is 0.0932. The standard InChI is InChI=1S/C48H60O8/c1-4-7-10-42-33-43(55-47(51)40-23-19-38(20-24-40)45(49)53-31-29-36-15-11-34(8-5-2)12-16-36)27-28-44(42)56-48(52)41-25-21-39(22-26-41)46(50)54-32-30-37-17-13-35(9-6-3)14-18-37/h7,10-18,27-28,33,38-41H,4-6,8-9,19-26,29-32H2,1-3H3/b10-7+. The summed E-state index contributed by atoms with van der Waals surface area (Å²) in [5.41, 5.74) is 5.58. The average Bonchev–Trinajstić information content (AvgIpc) is 3.22. The molecule has 300 valence electrons. The SMILES string of the molecule is CC/C=C/c1cc(OC(=O)C2CCC(C(=O)OCCc3ccc(CCC)cc3)CC2)ccc1OC(=O)C1CCC(C(=O)OCCc2ccc(CCC)cc2)CC1. The highest BCUT2D eigenvalue weighted by molar-refractivity contribution is 5.79. The molecule has 2 fully saturated rings. The van der Waals surface area contributed by atoms with Crippen LogP contribution in [0.2, 0.25) is 0 Å². The molecule has 0 bridgehead atoms. The van der Waals surface area contributed by atoms with Gasteiger partial charge in [0.15, 0.2) is 0 Å². The van der Waals surface area contributed by atoms with Crippen LogP contribution in [-0.4, -0.2) is 37.1 Å². The predicted octanol–water partition coefficient (Wildman–Crippen LogP) is 10.0. The van der Waals surface area contributed by atoms with Crippen LogP contribution in [0.25, 0.3) is 6.08 Å². The van der Waals surface area contributed by atoms with Crippen molar-refractivity contribution in [1.82, 2.24) is 0 Å². The monoisotopic (exact) mass is 764 g/mol. The van der Waals surface area contributed by atoms with Crippen molar-refractivity contribution in [2.24, 2.45) is 23.7 Å². The summed E-state index contributed by atoms with van der Waals surface area (Å²) in [6.07, 6.45) is 14.9. The molecule has 0 radical (unpaired) electrons. The molecule has 0 saturated heterocycles. The van der Waals surface area contributed by atoms with E-state index in [-0.39, 0.29) is 47.5 Å². The van der Waals surface area contributed by atoms with Crippen LogP contribution in [0.15, 0.2) is 72.8 Å². The van der Waals surface area contributed by atoms with Crippen LogP contribution in [0.3, 0.4) is 0 Å². The summed E-state index contributed by atoms with van der Waals surface area (Å²) in [7, 11) is 0. The van der Waals surface area contributed by atoms with Gasteiger partial charge in [-0.1, -0.05) is 94.3 Å². The molecule has 2 aliphatic rings. The van der Waals surface area contributed by atoms with Gasteiger partial charge in [-0.15, -0.1) is 0 Å². The predicted molar refractivity (Wildman–Crippen MR) is 218 cm³/mol. The summed E-state index contributed by atoms with van der Waals surface area (Å²) in [5.74, 6) is -1.29. The second kappa shape index (κ2) is 22.1. The Labute approximate surface area is 333 Å². The Morgan fingerprint density at radius 2 is 0.911 bits per heavy atom. The molecule has 0 unspecified atom stereocenters. The van der Waals surface area contributed by atoms with E-state index in [1.165, 1.54) is 11.1 Å². The maximum absolute atomic E-state index is 13.3. The molecule has 56 heavy (non-hydrogen) atoms. The first-order chi connectivity index (χ1) is 27.3. The zero-order valence-electron chi connectivity index (χ0n) is 33.6. The largest absolute Gasteiger partial charge is 0.465 e. The normalized spacial score (nSPS) is 19.6. The van der Waals surface area contributed by atoms with Gasteiger partial charge in [0, 0.05) is 18.4 Å². The molecule has 0 aliphatic heterocycles. The third-order valence-electron chi connectivity index (χ3n) is 11.1. The molecule has 5 rings (SSSR count). The van der Waals surface area contributed by atoms with Crippen LogP contribution < -0.4 is 9.47 Å². The highest BCUT2D eigenvalue weighted by Crippen LogP contribution is 2.34. The second-order valence-corrected chi connectivity index (χ2v) is 15.4. The summed E-state index contributed by atoms with van der Waals surface area (Å²) >= 11 is 0. The van der Waals surface area contributed by atoms with Crippen molar-refractivity contribution in [3.63, 3.8) is 0 Å². The Kier molecular flexibility index (Phi) is 16.8. The fourth-order valence-electron chi connectivity index (χ4n) is 7.68. The van der Waals surface area contributed by atoms with E-state index in [1.54, 1.807) is 18.2 Å². The van der Waals surface area contributed by atoms with Gasteiger partial charge in [-0.2, -0.15) is 0 Å². The lowest BCUT2D eigenvalue weighted by molar-refractivity contribution is -0.152. The van der Waals surface area contributed by atoms with Gasteiger partial charge in [0.1, 0.15) is 11.5 Å². The van der Waals surface area contributed by atoms with Crippen LogP contribution in [0.1, 0.15) is 119 Å². The molecule has 2 saturated carbocycles. The van der Waals surface area contributed by atoms with E-state index in [0.29, 0.717) is 94.5 Å². The number of benzene rings is 3. The minimum Gasteiger partial charge on any atom is -0.465 e. The van der Waals surface area contributed by atoms with Crippen molar-refractivity contribution in [2.45, 2.75) is 117 Å². The highest BCUT2D eigenvalue weighted by Gasteiger charge is 2.33. The molecule has 8 heteroatoms. The molecule has 3 aromatic rings. The van der Waals surface area contributed by atoms with E-state index in [0.717, 1.165) is 43.2 Å². The fourth-order valence-corrected chi connectivity index (χ4v) is 7.68. The van der Waals surface area contributed by atoms with Crippen molar-refractivity contribution in [2.75, 3.05) is 13.2 Å². The maximum Gasteiger partial charge on any atom is 0.314 e. The molecule has 2 aliphatic carbocycles. The Morgan fingerprint density at radius 1 is 0.518 bits per heavy atom. The lowest BCUT2D eigenvalue weighted by Crippen LogP contribution is -2.30. The Balaban J connectivity index is 1.03. The topological polar surface area (TPSA) is 105 Å². The van der Waals surface area contributed by atoms with E-state index >= 15 is 0 Å². The van der Waals surface area contributed by atoms with E-state index in [1.807, 2.05) is 19.1 Å². The number of hydrogen-bond donors (Lipinski definition) is 0. The number of ether oxygens (including phenoxy) is 4. The average molecular weight is 765 g/mol. The van der Waals surface area contributed by atoms with E-state index in [2.05, 4.69) is 62.4 Å². The summed E-state index contributed by atoms with van der Waals surface area (Å²) in [6.45, 7) is 7.04. The lowest BCUT2D eigenvalue weighted by Gasteiger charge is -2.26. The first kappa shape index (κ1) is 42.4. The number of allylic oxidation sites excluding steroid dienone is 1. The number of aryl methyl sites for hydroxylation is 2. The van der Waals surface area contributed by atoms with Crippen LogP contribution in [0, 0.1) is 23.7 Å². The van der Waals surface area contributed by atoms with Crippen LogP contribution in [0.4, 0.5) is 0 Å². The second-order valence-electron chi connectivity index (χ2n) is 15.4. The van der Waals surface area contributed by atoms with Crippen LogP contribution >= 0.6 is 0 Å². The minimum atomic E-state index is -0.324. The Hall–Kier alpha value is -4.72. The molecule has 3 aromatic carbocycles. The van der Waals surface area contributed by atoms with E-state index in [9.17, 15) is 19.2 Å². The smallest absolute Gasteiger partial charge is 0.314 e. The summed E-state index contributed by atoms with van der Waals surface area (Å²) in [4.78, 5) is 52.0. The molecule has 0 N–H and O–H groups in total. The first-order valence-corrected chi connectivity index (χ1v) is 21.0. The first-order valence-electron chi connectivity index (χ1n) is 21.0. The van der Waals surface area contributed by atoms with Gasteiger partial charge < -0.3 is 18.9 Å². The molecule has 0 heterocycles. The van der Waals surface area contributed by atoms with Crippen molar-refractivity contribution >= 4 is 30.0 Å². The number of hydrogen-bond acceptors (Lipinski definition) is 8. The van der Waals surface area contributed by atoms with Crippen LogP contribution in [-0.2, 0) is 54.3 Å². The zero-order chi connectivity index (χ0) is 39.7. The van der Waals surface area contributed by atoms with Gasteiger partial charge in [-0.3, -0.25) is 19.2 Å². The van der Waals surface area contributed by atoms with Crippen molar-refractivity contribution in [3.8, 4) is 11.5 Å². The van der Waals surface area contributed by atoms with E-state index < -0.39 is 0 Å². The highest BCUT2D eigenvalue weighted by atomic mass is 16.5. The van der Waals surface area contributed by atoms with Crippen molar-refractivity contribution in [1.29, 1.82) is 0 Å². The third-order valence-corrected chi connectivity index (χ3v) is 11.1. The molecule has 0 aromatic heterocycles. The molecule has 0 amide bonds. The molecular weight excluding hydrogens is 705 g/mol. The maximum atomic E-state index is 13.3. The molecule has 0 spiro atoms. The van der Waals surface area contributed by atoms with Gasteiger partial charge in [0.2, 0.25) is 0 Å². The van der Waals surface area contributed by atoms with Gasteiger partial charge >= 0.3 is 23.9 Å². The Bertz CT molecular complexity index is 1740. The fraction of sp³-hybridized carbons (Fsp3) is 0.500. The number of esters is 4. The molecule has 8 nitrogen and oxygen atoms in total. The zero-order valence-corrected chi connectivity index (χ0v) is 33.6. The van der Waals surface area contributed by atoms with Gasteiger partial charge in [0.05, 0.1) is 36.9 Å². The van der Waals surface area contributed by atoms with Crippen LogP contribution in [0.5, 0.6) is 11.5 Å². The Morgan fingerprint density at radius 3 is 1.32 bits per heavy atom. The van der Waals surface area contributed by atoms with Crippen molar-refractivity contribution < 1.29 is 38.1 Å². The van der Waals surface area contributed by atoms with E-state index in [4.69, 9.17) is 18.9 Å². The van der Waals surface area contributed by atoms with Gasteiger partial charge in [-0.25, -0.2) is 0 Å². The molecule has 0 atom stereocenters. The van der Waals surface area contributed by atoms with Crippen molar-refractivity contribution in [3.05, 3.63) is 101 Å². The third kappa shape index (κ3) is 12.9. The summed E-state index contributed by atoms with van der Waals surface area (Å²) < 4.78 is 22.9. The number of carbonyl (C=O) groups excluding carboxylic acids is 4. The van der Waals surface area contributed by atoms with Gasteiger partial charge in [0.25, 0.3) is 0 Å². The molecular formula is C48H60O8. The summed E-state index contributed by atoms with van der Waals surface area (Å²) in [6, 6.07) is 22.0. The lowest BCUT2D eigenvalue weighted by atomic mass is 9.82.